The molecular formula is C12H10BrCl3F3NO4. The van der Waals surface area contributed by atoms with Crippen LogP contribution in [0.25, 0.3) is 0 Å². The minimum absolute atomic E-state index is 0.139. The van der Waals surface area contributed by atoms with Gasteiger partial charge in [0.1, 0.15) is 6.61 Å². The smallest absolute Gasteiger partial charge is 0.438 e. The van der Waals surface area contributed by atoms with E-state index in [4.69, 9.17) is 39.6 Å². The Morgan fingerprint density at radius 2 is 1.92 bits per heavy atom. The predicted molar refractivity (Wildman–Crippen MR) is 86.3 cm³/mol. The van der Waals surface area contributed by atoms with Crippen molar-refractivity contribution in [2.24, 2.45) is 0 Å². The second-order valence-electron chi connectivity index (χ2n) is 4.33. The van der Waals surface area contributed by atoms with Gasteiger partial charge in [-0.05, 0) is 23.8 Å². The Balaban J connectivity index is 3.09. The predicted octanol–water partition coefficient (Wildman–Crippen LogP) is 4.92. The average Bonchev–Trinajstić information content (AvgIpc) is 2.42. The molecule has 0 heterocycles. The maximum atomic E-state index is 12.6. The first kappa shape index (κ1) is 21.6. The van der Waals surface area contributed by atoms with Crippen molar-refractivity contribution in [3.8, 4) is 0 Å². The van der Waals surface area contributed by atoms with Gasteiger partial charge < -0.3 is 9.84 Å². The van der Waals surface area contributed by atoms with Crippen LogP contribution in [0.4, 0.5) is 23.7 Å². The number of amides is 1. The molecule has 12 heteroatoms. The zero-order valence-corrected chi connectivity index (χ0v) is 15.6. The third kappa shape index (κ3) is 6.45. The first-order chi connectivity index (χ1) is 10.8. The Kier molecular flexibility index (Phi) is 7.46. The Morgan fingerprint density at radius 1 is 1.33 bits per heavy atom. The van der Waals surface area contributed by atoms with Crippen LogP contribution >= 0.6 is 50.7 Å². The van der Waals surface area contributed by atoms with Gasteiger partial charge in [-0.3, -0.25) is 4.84 Å². The number of aliphatic hydroxyl groups excluding tert-OH is 1. The lowest BCUT2D eigenvalue weighted by Crippen LogP contribution is -2.33. The number of hydrogen-bond acceptors (Lipinski definition) is 4. The van der Waals surface area contributed by atoms with Crippen LogP contribution in [-0.2, 0) is 9.57 Å². The maximum absolute atomic E-state index is 12.6. The summed E-state index contributed by atoms with van der Waals surface area (Å²) >= 11 is 19.3. The molecule has 0 fully saturated rings. The average molecular weight is 475 g/mol. The Morgan fingerprint density at radius 3 is 2.38 bits per heavy atom. The van der Waals surface area contributed by atoms with Gasteiger partial charge in [0, 0.05) is 4.47 Å². The van der Waals surface area contributed by atoms with Gasteiger partial charge in [-0.1, -0.05) is 50.7 Å². The molecule has 0 bridgehead atoms. The molecule has 0 aliphatic carbocycles. The van der Waals surface area contributed by atoms with Crippen LogP contribution in [0, 0.1) is 0 Å². The number of hydrogen-bond donors (Lipinski definition) is 1. The SMILES string of the molecule is CON(C(=O)OCC(Cl)(Cl)Cl)c1cc(Br)cc(C(O)C(F)(F)F)c1. The monoisotopic (exact) mass is 473 g/mol. The van der Waals surface area contributed by atoms with Crippen LogP contribution < -0.4 is 5.06 Å². The molecule has 24 heavy (non-hydrogen) atoms. The number of carbonyl (C=O) groups excluding carboxylic acids is 1. The van der Waals surface area contributed by atoms with Crippen LogP contribution in [-0.4, -0.2) is 34.9 Å². The van der Waals surface area contributed by atoms with Crippen molar-refractivity contribution in [2.75, 3.05) is 18.8 Å². The fourth-order valence-electron chi connectivity index (χ4n) is 1.55. The lowest BCUT2D eigenvalue weighted by Gasteiger charge is -2.22. The molecule has 1 atom stereocenters. The summed E-state index contributed by atoms with van der Waals surface area (Å²) in [7, 11) is 1.08. The number of nitrogens with zero attached hydrogens (tertiary/aromatic N) is 1. The minimum Gasteiger partial charge on any atom is -0.443 e. The fourth-order valence-corrected chi connectivity index (χ4v) is 2.21. The standard InChI is InChI=1S/C12H10BrCl3F3NO4/c1-23-20(10(22)24-5-11(14,15)16)8-3-6(2-7(13)4-8)9(21)12(17,18)19/h2-4,9,21H,5H2,1H3. The largest absolute Gasteiger partial charge is 0.443 e. The molecule has 1 unspecified atom stereocenters. The Hall–Kier alpha value is -0.450. The lowest BCUT2D eigenvalue weighted by molar-refractivity contribution is -0.206. The van der Waals surface area contributed by atoms with Crippen LogP contribution in [0.2, 0.25) is 0 Å². The number of rotatable bonds is 4. The minimum atomic E-state index is -4.88. The van der Waals surface area contributed by atoms with Crippen molar-refractivity contribution >= 4 is 62.5 Å². The fraction of sp³-hybridized carbons (Fsp3) is 0.417. The van der Waals surface area contributed by atoms with E-state index >= 15 is 0 Å². The molecule has 0 saturated carbocycles. The molecule has 5 nitrogen and oxygen atoms in total. The number of aliphatic hydroxyl groups is 1. The summed E-state index contributed by atoms with van der Waals surface area (Å²) in [5, 5.41) is 9.87. The number of benzene rings is 1. The van der Waals surface area contributed by atoms with E-state index in [9.17, 15) is 23.1 Å². The summed E-state index contributed by atoms with van der Waals surface area (Å²) in [5.74, 6) is 0. The number of ether oxygens (including phenoxy) is 1. The quantitative estimate of drug-likeness (QED) is 0.496. The summed E-state index contributed by atoms with van der Waals surface area (Å²) < 4.78 is 40.9. The zero-order chi connectivity index (χ0) is 18.7. The van der Waals surface area contributed by atoms with Crippen molar-refractivity contribution in [3.63, 3.8) is 0 Å². The molecule has 1 aromatic carbocycles. The molecule has 1 rings (SSSR count). The number of carbonyl (C=O) groups is 1. The van der Waals surface area contributed by atoms with E-state index in [2.05, 4.69) is 20.7 Å². The molecule has 0 aromatic heterocycles. The van der Waals surface area contributed by atoms with Crippen LogP contribution in [0.5, 0.6) is 0 Å². The summed E-state index contributed by atoms with van der Waals surface area (Å²) in [6.07, 6.45) is -8.76. The zero-order valence-electron chi connectivity index (χ0n) is 11.8. The first-order valence-corrected chi connectivity index (χ1v) is 7.91. The van der Waals surface area contributed by atoms with E-state index < -0.39 is 34.3 Å². The van der Waals surface area contributed by atoms with Gasteiger partial charge in [0.2, 0.25) is 3.79 Å². The Bertz CT molecular complexity index is 598. The number of anilines is 1. The molecule has 0 saturated heterocycles. The lowest BCUT2D eigenvalue weighted by atomic mass is 10.1. The van der Waals surface area contributed by atoms with Crippen molar-refractivity contribution < 1.29 is 32.6 Å². The van der Waals surface area contributed by atoms with E-state index in [0.29, 0.717) is 5.06 Å². The van der Waals surface area contributed by atoms with Gasteiger partial charge >= 0.3 is 12.3 Å². The van der Waals surface area contributed by atoms with E-state index in [1.807, 2.05) is 0 Å². The molecule has 0 aliphatic rings. The summed E-state index contributed by atoms with van der Waals surface area (Å²) in [5.41, 5.74) is -0.650. The third-order valence-electron chi connectivity index (χ3n) is 2.47. The normalized spacial score (nSPS) is 13.5. The Labute approximate surface area is 158 Å². The van der Waals surface area contributed by atoms with Gasteiger partial charge in [0.25, 0.3) is 0 Å². The van der Waals surface area contributed by atoms with Crippen molar-refractivity contribution in [2.45, 2.75) is 16.1 Å². The van der Waals surface area contributed by atoms with E-state index in [0.717, 1.165) is 19.2 Å². The molecule has 1 amide bonds. The highest BCUT2D eigenvalue weighted by molar-refractivity contribution is 9.10. The molecule has 136 valence electrons. The van der Waals surface area contributed by atoms with Gasteiger partial charge in [-0.15, -0.1) is 0 Å². The molecular weight excluding hydrogens is 465 g/mol. The van der Waals surface area contributed by atoms with E-state index in [1.54, 1.807) is 0 Å². The second kappa shape index (κ2) is 8.29. The highest BCUT2D eigenvalue weighted by atomic mass is 79.9. The van der Waals surface area contributed by atoms with Crippen molar-refractivity contribution in [3.05, 3.63) is 28.2 Å². The van der Waals surface area contributed by atoms with Gasteiger partial charge in [-0.25, -0.2) is 4.79 Å². The van der Waals surface area contributed by atoms with Gasteiger partial charge in [0.15, 0.2) is 6.10 Å². The van der Waals surface area contributed by atoms with Gasteiger partial charge in [-0.2, -0.15) is 18.2 Å². The van der Waals surface area contributed by atoms with E-state index in [-0.39, 0.29) is 10.2 Å². The highest BCUT2D eigenvalue weighted by Gasteiger charge is 2.40. The summed E-state index contributed by atoms with van der Waals surface area (Å²) in [6.45, 7) is -0.609. The summed E-state index contributed by atoms with van der Waals surface area (Å²) in [6, 6.07) is 3.22. The maximum Gasteiger partial charge on any atom is 0.438 e. The van der Waals surface area contributed by atoms with Crippen LogP contribution in [0.15, 0.2) is 22.7 Å². The van der Waals surface area contributed by atoms with E-state index in [1.165, 1.54) is 6.07 Å². The van der Waals surface area contributed by atoms with Crippen molar-refractivity contribution in [1.82, 2.24) is 0 Å². The van der Waals surface area contributed by atoms with Gasteiger partial charge in [0.05, 0.1) is 12.8 Å². The highest BCUT2D eigenvalue weighted by Crippen LogP contribution is 2.36. The molecule has 1 aromatic rings. The molecule has 1 N–H and O–H groups in total. The second-order valence-corrected chi connectivity index (χ2v) is 7.77. The van der Waals surface area contributed by atoms with Crippen LogP contribution in [0.3, 0.4) is 0 Å². The third-order valence-corrected chi connectivity index (χ3v) is 3.26. The molecule has 0 aliphatic heterocycles. The number of halogens is 7. The number of alkyl halides is 6. The van der Waals surface area contributed by atoms with Crippen molar-refractivity contribution in [1.29, 1.82) is 0 Å². The topological polar surface area (TPSA) is 59.0 Å². The molecule has 0 radical (unpaired) electrons. The summed E-state index contributed by atoms with van der Waals surface area (Å²) in [4.78, 5) is 16.7. The number of hydroxylamine groups is 1. The first-order valence-electron chi connectivity index (χ1n) is 5.98. The van der Waals surface area contributed by atoms with Crippen LogP contribution in [0.1, 0.15) is 11.7 Å². The molecule has 0 spiro atoms.